The van der Waals surface area contributed by atoms with Gasteiger partial charge in [-0.05, 0) is 25.3 Å². The molecule has 19 heavy (non-hydrogen) atoms. The van der Waals surface area contributed by atoms with Gasteiger partial charge in [0.2, 0.25) is 5.91 Å². The highest BCUT2D eigenvalue weighted by atomic mass is 35.5. The summed E-state index contributed by atoms with van der Waals surface area (Å²) in [4.78, 5) is 14.4. The lowest BCUT2D eigenvalue weighted by Gasteiger charge is -2.30. The lowest BCUT2D eigenvalue weighted by Crippen LogP contribution is -2.53. The number of hydrogen-bond donors (Lipinski definition) is 1. The maximum absolute atomic E-state index is 12.5. The Balaban J connectivity index is 0.00000180. The fourth-order valence-corrected chi connectivity index (χ4v) is 2.67. The smallest absolute Gasteiger partial charge is 0.242 e. The lowest BCUT2D eigenvalue weighted by molar-refractivity contribution is -0.137. The van der Waals surface area contributed by atoms with Crippen molar-refractivity contribution < 1.29 is 4.79 Å². The van der Waals surface area contributed by atoms with Gasteiger partial charge in [-0.2, -0.15) is 0 Å². The molecule has 1 saturated carbocycles. The van der Waals surface area contributed by atoms with Crippen molar-refractivity contribution in [3.63, 3.8) is 0 Å². The van der Waals surface area contributed by atoms with Crippen LogP contribution in [0.25, 0.3) is 0 Å². The summed E-state index contributed by atoms with van der Waals surface area (Å²) in [5, 5.41) is 0. The van der Waals surface area contributed by atoms with Gasteiger partial charge in [0, 0.05) is 13.1 Å². The summed E-state index contributed by atoms with van der Waals surface area (Å²) >= 11 is 0. The second kappa shape index (κ2) is 6.92. The van der Waals surface area contributed by atoms with E-state index in [4.69, 9.17) is 5.73 Å². The van der Waals surface area contributed by atoms with Crippen molar-refractivity contribution in [2.75, 3.05) is 6.54 Å². The molecule has 106 valence electrons. The molecule has 1 aliphatic carbocycles. The highest BCUT2D eigenvalue weighted by Crippen LogP contribution is 2.29. The zero-order valence-corrected chi connectivity index (χ0v) is 12.3. The van der Waals surface area contributed by atoms with Crippen LogP contribution in [0.15, 0.2) is 30.3 Å². The van der Waals surface area contributed by atoms with E-state index in [1.54, 1.807) is 0 Å². The maximum atomic E-state index is 12.5. The van der Waals surface area contributed by atoms with Crippen molar-refractivity contribution >= 4 is 18.3 Å². The molecule has 1 fully saturated rings. The van der Waals surface area contributed by atoms with Crippen molar-refractivity contribution in [2.24, 2.45) is 5.73 Å². The Bertz CT molecular complexity index is 402. The van der Waals surface area contributed by atoms with E-state index < -0.39 is 5.54 Å². The van der Waals surface area contributed by atoms with Crippen LogP contribution in [0, 0.1) is 0 Å². The molecule has 0 unspecified atom stereocenters. The Morgan fingerprint density at radius 2 is 1.84 bits per heavy atom. The standard InChI is InChI=1S/C15H22N2O.ClH/c1-2-17(12-13-8-4-3-5-9-13)14(18)15(16)10-6-7-11-15;/h3-5,8-9H,2,6-7,10-12,16H2,1H3;1H. The van der Waals surface area contributed by atoms with Crippen LogP contribution in [0.1, 0.15) is 38.2 Å². The van der Waals surface area contributed by atoms with Gasteiger partial charge in [-0.25, -0.2) is 0 Å². The second-order valence-corrected chi connectivity index (χ2v) is 5.17. The molecule has 0 saturated heterocycles. The molecule has 0 aromatic heterocycles. The minimum atomic E-state index is -0.606. The average molecular weight is 283 g/mol. The van der Waals surface area contributed by atoms with Crippen LogP contribution in [0.3, 0.4) is 0 Å². The van der Waals surface area contributed by atoms with Crippen molar-refractivity contribution in [3.05, 3.63) is 35.9 Å². The summed E-state index contributed by atoms with van der Waals surface area (Å²) < 4.78 is 0. The number of nitrogens with zero attached hydrogens (tertiary/aromatic N) is 1. The summed E-state index contributed by atoms with van der Waals surface area (Å²) in [6.45, 7) is 3.39. The summed E-state index contributed by atoms with van der Waals surface area (Å²) in [6, 6.07) is 10.1. The maximum Gasteiger partial charge on any atom is 0.242 e. The fraction of sp³-hybridized carbons (Fsp3) is 0.533. The molecular formula is C15H23ClN2O. The topological polar surface area (TPSA) is 46.3 Å². The van der Waals surface area contributed by atoms with Gasteiger partial charge >= 0.3 is 0 Å². The second-order valence-electron chi connectivity index (χ2n) is 5.17. The lowest BCUT2D eigenvalue weighted by atomic mass is 9.97. The van der Waals surface area contributed by atoms with Crippen LogP contribution in [-0.4, -0.2) is 22.9 Å². The number of benzene rings is 1. The first-order valence-corrected chi connectivity index (χ1v) is 6.78. The molecule has 1 aromatic carbocycles. The third kappa shape index (κ3) is 3.71. The first-order valence-electron chi connectivity index (χ1n) is 6.78. The SMILES string of the molecule is CCN(Cc1ccccc1)C(=O)C1(N)CCCC1.Cl. The molecule has 4 heteroatoms. The van der Waals surface area contributed by atoms with E-state index in [1.807, 2.05) is 42.2 Å². The molecule has 0 radical (unpaired) electrons. The van der Waals surface area contributed by atoms with Gasteiger partial charge in [0.15, 0.2) is 0 Å². The Morgan fingerprint density at radius 3 is 2.37 bits per heavy atom. The summed E-state index contributed by atoms with van der Waals surface area (Å²) in [5.74, 6) is 0.117. The third-order valence-corrected chi connectivity index (χ3v) is 3.81. The highest BCUT2D eigenvalue weighted by molar-refractivity contribution is 5.86. The minimum Gasteiger partial charge on any atom is -0.337 e. The monoisotopic (exact) mass is 282 g/mol. The van der Waals surface area contributed by atoms with Gasteiger partial charge in [0.1, 0.15) is 0 Å². The molecule has 1 aliphatic rings. The van der Waals surface area contributed by atoms with Crippen LogP contribution < -0.4 is 5.73 Å². The van der Waals surface area contributed by atoms with Crippen LogP contribution in [0.5, 0.6) is 0 Å². The predicted molar refractivity (Wildman–Crippen MR) is 80.2 cm³/mol. The van der Waals surface area contributed by atoms with Crippen molar-refractivity contribution in [2.45, 2.75) is 44.7 Å². The molecule has 0 heterocycles. The molecule has 2 N–H and O–H groups in total. The van der Waals surface area contributed by atoms with Gasteiger partial charge in [-0.1, -0.05) is 43.2 Å². The number of halogens is 1. The van der Waals surface area contributed by atoms with Gasteiger partial charge < -0.3 is 10.6 Å². The van der Waals surface area contributed by atoms with Crippen LogP contribution >= 0.6 is 12.4 Å². The Morgan fingerprint density at radius 1 is 1.26 bits per heavy atom. The van der Waals surface area contributed by atoms with Crippen LogP contribution in [0.2, 0.25) is 0 Å². The molecule has 1 amide bonds. The first kappa shape index (κ1) is 16.0. The van der Waals surface area contributed by atoms with Gasteiger partial charge in [0.25, 0.3) is 0 Å². The number of carbonyl (C=O) groups excluding carboxylic acids is 1. The Kier molecular flexibility index (Phi) is 5.83. The number of amides is 1. The van der Waals surface area contributed by atoms with E-state index in [0.29, 0.717) is 13.1 Å². The average Bonchev–Trinajstić information content (AvgIpc) is 2.84. The zero-order chi connectivity index (χ0) is 13.0. The van der Waals surface area contributed by atoms with Crippen molar-refractivity contribution in [1.82, 2.24) is 4.90 Å². The number of nitrogens with two attached hydrogens (primary N) is 1. The minimum absolute atomic E-state index is 0. The molecule has 1 aromatic rings. The molecular weight excluding hydrogens is 260 g/mol. The van der Waals surface area contributed by atoms with E-state index in [2.05, 4.69) is 0 Å². The summed E-state index contributed by atoms with van der Waals surface area (Å²) in [6.07, 6.45) is 3.81. The van der Waals surface area contributed by atoms with E-state index >= 15 is 0 Å². The van der Waals surface area contributed by atoms with Crippen LogP contribution in [0.4, 0.5) is 0 Å². The Labute approximate surface area is 121 Å². The number of hydrogen-bond acceptors (Lipinski definition) is 2. The largest absolute Gasteiger partial charge is 0.337 e. The van der Waals surface area contributed by atoms with E-state index in [9.17, 15) is 4.79 Å². The number of carbonyl (C=O) groups is 1. The molecule has 0 atom stereocenters. The van der Waals surface area contributed by atoms with E-state index in [1.165, 1.54) is 0 Å². The summed E-state index contributed by atoms with van der Waals surface area (Å²) in [7, 11) is 0. The van der Waals surface area contributed by atoms with Gasteiger partial charge in [-0.15, -0.1) is 12.4 Å². The normalized spacial score (nSPS) is 16.7. The van der Waals surface area contributed by atoms with E-state index in [-0.39, 0.29) is 18.3 Å². The first-order chi connectivity index (χ1) is 8.65. The molecule has 3 nitrogen and oxygen atoms in total. The Hall–Kier alpha value is -1.06. The summed E-state index contributed by atoms with van der Waals surface area (Å²) in [5.41, 5.74) is 6.80. The highest BCUT2D eigenvalue weighted by Gasteiger charge is 2.39. The zero-order valence-electron chi connectivity index (χ0n) is 11.5. The fourth-order valence-electron chi connectivity index (χ4n) is 2.67. The van der Waals surface area contributed by atoms with Crippen molar-refractivity contribution in [3.8, 4) is 0 Å². The quantitative estimate of drug-likeness (QED) is 0.923. The molecule has 0 spiro atoms. The number of rotatable bonds is 4. The third-order valence-electron chi connectivity index (χ3n) is 3.81. The van der Waals surface area contributed by atoms with Gasteiger partial charge in [-0.3, -0.25) is 4.79 Å². The van der Waals surface area contributed by atoms with Crippen molar-refractivity contribution in [1.29, 1.82) is 0 Å². The molecule has 2 rings (SSSR count). The van der Waals surface area contributed by atoms with Crippen LogP contribution in [-0.2, 0) is 11.3 Å². The van der Waals surface area contributed by atoms with E-state index in [0.717, 1.165) is 31.2 Å². The number of likely N-dealkylation sites (N-methyl/N-ethyl adjacent to an activating group) is 1. The molecule has 0 aliphatic heterocycles. The molecule has 0 bridgehead atoms. The van der Waals surface area contributed by atoms with Gasteiger partial charge in [0.05, 0.1) is 5.54 Å². The predicted octanol–water partition coefficient (Wildman–Crippen LogP) is 2.73.